The molecule has 120 valence electrons. The number of aromatic nitrogens is 1. The van der Waals surface area contributed by atoms with Crippen LogP contribution in [-0.2, 0) is 15.0 Å². The lowest BCUT2D eigenvalue weighted by atomic mass is 9.90. The molecule has 0 aliphatic carbocycles. The summed E-state index contributed by atoms with van der Waals surface area (Å²) in [5.41, 5.74) is -0.827. The van der Waals surface area contributed by atoms with E-state index in [1.807, 2.05) is 0 Å². The van der Waals surface area contributed by atoms with Crippen LogP contribution in [0.5, 0.6) is 0 Å². The minimum atomic E-state index is -0.843. The van der Waals surface area contributed by atoms with Gasteiger partial charge in [0, 0.05) is 35.7 Å². The molecule has 0 radical (unpaired) electrons. The van der Waals surface area contributed by atoms with Crippen LogP contribution >= 0.6 is 11.3 Å². The van der Waals surface area contributed by atoms with Crippen LogP contribution in [0.4, 0.5) is 0 Å². The van der Waals surface area contributed by atoms with Gasteiger partial charge in [0.15, 0.2) is 0 Å². The minimum Gasteiger partial charge on any atom is -0.481 e. The second-order valence-electron chi connectivity index (χ2n) is 7.03. The molecule has 0 saturated carbocycles. The molecule has 2 heterocycles. The molecule has 0 spiro atoms. The number of hydrogen-bond donors (Lipinski definition) is 1. The Morgan fingerprint density at radius 1 is 1.45 bits per heavy atom. The van der Waals surface area contributed by atoms with Gasteiger partial charge < -0.3 is 10.0 Å². The van der Waals surface area contributed by atoms with Gasteiger partial charge in [0.05, 0.1) is 10.4 Å². The largest absolute Gasteiger partial charge is 0.481 e. The summed E-state index contributed by atoms with van der Waals surface area (Å²) in [6.45, 7) is 8.73. The second-order valence-corrected chi connectivity index (χ2v) is 8.09. The lowest BCUT2D eigenvalue weighted by Crippen LogP contribution is -2.34. The van der Waals surface area contributed by atoms with E-state index in [0.29, 0.717) is 13.0 Å². The van der Waals surface area contributed by atoms with E-state index in [1.165, 1.54) is 6.08 Å². The monoisotopic (exact) mass is 322 g/mol. The van der Waals surface area contributed by atoms with Crippen LogP contribution in [0.1, 0.15) is 44.0 Å². The van der Waals surface area contributed by atoms with Gasteiger partial charge in [-0.25, -0.2) is 4.98 Å². The summed E-state index contributed by atoms with van der Waals surface area (Å²) in [7, 11) is 0. The maximum Gasteiger partial charge on any atom is 0.311 e. The van der Waals surface area contributed by atoms with Crippen LogP contribution in [0.3, 0.4) is 0 Å². The van der Waals surface area contributed by atoms with Crippen molar-refractivity contribution in [2.75, 3.05) is 13.1 Å². The van der Waals surface area contributed by atoms with Gasteiger partial charge in [-0.1, -0.05) is 20.8 Å². The predicted molar refractivity (Wildman–Crippen MR) is 86.8 cm³/mol. The van der Waals surface area contributed by atoms with Crippen LogP contribution < -0.4 is 0 Å². The molecule has 5 nitrogen and oxygen atoms in total. The minimum absolute atomic E-state index is 0.000973. The molecule has 22 heavy (non-hydrogen) atoms. The normalized spacial score (nSPS) is 22.5. The molecular weight excluding hydrogens is 300 g/mol. The fourth-order valence-corrected chi connectivity index (χ4v) is 3.17. The van der Waals surface area contributed by atoms with Gasteiger partial charge in [-0.2, -0.15) is 0 Å². The molecule has 1 aromatic heterocycles. The Morgan fingerprint density at radius 2 is 2.14 bits per heavy atom. The molecule has 1 unspecified atom stereocenters. The Hall–Kier alpha value is -1.69. The van der Waals surface area contributed by atoms with Crippen molar-refractivity contribution < 1.29 is 14.7 Å². The second kappa shape index (κ2) is 5.83. The molecule has 6 heteroatoms. The number of carbonyl (C=O) groups excluding carboxylic acids is 1. The first kappa shape index (κ1) is 16.7. The zero-order valence-electron chi connectivity index (χ0n) is 13.4. The van der Waals surface area contributed by atoms with E-state index in [4.69, 9.17) is 0 Å². The maximum absolute atomic E-state index is 12.2. The number of aliphatic carboxylic acids is 1. The van der Waals surface area contributed by atoms with Crippen LogP contribution in [0, 0.1) is 5.41 Å². The van der Waals surface area contributed by atoms with Gasteiger partial charge in [-0.3, -0.25) is 9.59 Å². The molecule has 0 bridgehead atoms. The number of carbonyl (C=O) groups is 2. The number of rotatable bonds is 3. The van der Waals surface area contributed by atoms with Crippen molar-refractivity contribution in [3.8, 4) is 0 Å². The molecule has 1 aliphatic rings. The van der Waals surface area contributed by atoms with Crippen molar-refractivity contribution in [2.45, 2.75) is 39.5 Å². The first-order chi connectivity index (χ1) is 10.1. The summed E-state index contributed by atoms with van der Waals surface area (Å²) in [4.78, 5) is 30.3. The number of hydrogen-bond acceptors (Lipinski definition) is 4. The highest BCUT2D eigenvalue weighted by atomic mass is 32.1. The lowest BCUT2D eigenvalue weighted by Gasteiger charge is -2.18. The summed E-state index contributed by atoms with van der Waals surface area (Å²) < 4.78 is 0. The third-order valence-corrected chi connectivity index (χ3v) is 5.24. The summed E-state index contributed by atoms with van der Waals surface area (Å²) in [5.74, 6) is -0.986. The van der Waals surface area contributed by atoms with Crippen LogP contribution in [0.15, 0.2) is 12.3 Å². The van der Waals surface area contributed by atoms with Gasteiger partial charge >= 0.3 is 5.97 Å². The van der Waals surface area contributed by atoms with E-state index in [9.17, 15) is 14.7 Å². The van der Waals surface area contributed by atoms with Gasteiger partial charge in [0.1, 0.15) is 0 Å². The fraction of sp³-hybridized carbons (Fsp3) is 0.562. The summed E-state index contributed by atoms with van der Waals surface area (Å²) in [6, 6.07) is 0. The molecule has 2 rings (SSSR count). The highest BCUT2D eigenvalue weighted by molar-refractivity contribution is 7.12. The van der Waals surface area contributed by atoms with Crippen LogP contribution in [-0.4, -0.2) is 40.0 Å². The van der Waals surface area contributed by atoms with Crippen molar-refractivity contribution in [3.05, 3.63) is 22.2 Å². The molecule has 1 saturated heterocycles. The number of amides is 1. The number of nitrogens with zero attached hydrogens (tertiary/aromatic N) is 2. The van der Waals surface area contributed by atoms with E-state index in [1.54, 1.807) is 35.4 Å². The number of thiazole rings is 1. The first-order valence-electron chi connectivity index (χ1n) is 7.28. The summed E-state index contributed by atoms with van der Waals surface area (Å²) >= 11 is 1.57. The Kier molecular flexibility index (Phi) is 4.42. The lowest BCUT2D eigenvalue weighted by molar-refractivity contribution is -0.147. The summed E-state index contributed by atoms with van der Waals surface area (Å²) in [6.07, 6.45) is 5.52. The van der Waals surface area contributed by atoms with E-state index >= 15 is 0 Å². The van der Waals surface area contributed by atoms with Crippen LogP contribution in [0.25, 0.3) is 6.08 Å². The van der Waals surface area contributed by atoms with E-state index in [2.05, 4.69) is 25.8 Å². The Bertz CT molecular complexity index is 615. The van der Waals surface area contributed by atoms with Gasteiger partial charge in [-0.05, 0) is 19.4 Å². The van der Waals surface area contributed by atoms with Crippen molar-refractivity contribution in [3.63, 3.8) is 0 Å². The molecule has 1 amide bonds. The quantitative estimate of drug-likeness (QED) is 0.869. The smallest absolute Gasteiger partial charge is 0.311 e. The fourth-order valence-electron chi connectivity index (χ4n) is 2.29. The predicted octanol–water partition coefficient (Wildman–Crippen LogP) is 2.78. The number of likely N-dealkylation sites (tertiary alicyclic amines) is 1. The number of carboxylic acids is 1. The Morgan fingerprint density at radius 3 is 2.64 bits per heavy atom. The SMILES string of the molecule is CC1(C(=O)O)CCN(C(=O)/C=C/c2cnc(C(C)(C)C)s2)C1. The van der Waals surface area contributed by atoms with Crippen LogP contribution in [0.2, 0.25) is 0 Å². The Labute approximate surface area is 134 Å². The first-order valence-corrected chi connectivity index (χ1v) is 8.10. The standard InChI is InChI=1S/C16H22N2O3S/c1-15(2,3)13-17-9-11(22-13)5-6-12(19)18-8-7-16(4,10-18)14(20)21/h5-6,9H,7-8,10H2,1-4H3,(H,20,21)/b6-5+. The summed E-state index contributed by atoms with van der Waals surface area (Å²) in [5, 5.41) is 10.2. The molecule has 1 aromatic rings. The highest BCUT2D eigenvalue weighted by Crippen LogP contribution is 2.30. The average molecular weight is 322 g/mol. The third kappa shape index (κ3) is 3.55. The van der Waals surface area contributed by atoms with Crippen molar-refractivity contribution in [2.24, 2.45) is 5.41 Å². The zero-order valence-corrected chi connectivity index (χ0v) is 14.2. The highest BCUT2D eigenvalue weighted by Gasteiger charge is 2.41. The number of carboxylic acid groups (broad SMARTS) is 1. The van der Waals surface area contributed by atoms with E-state index in [0.717, 1.165) is 9.88 Å². The van der Waals surface area contributed by atoms with Crippen molar-refractivity contribution >= 4 is 29.3 Å². The van der Waals surface area contributed by atoms with E-state index < -0.39 is 11.4 Å². The molecule has 1 N–H and O–H groups in total. The molecule has 1 fully saturated rings. The van der Waals surface area contributed by atoms with Crippen molar-refractivity contribution in [1.82, 2.24) is 9.88 Å². The zero-order chi connectivity index (χ0) is 16.5. The topological polar surface area (TPSA) is 70.5 Å². The maximum atomic E-state index is 12.2. The molecule has 1 aliphatic heterocycles. The van der Waals surface area contributed by atoms with Gasteiger partial charge in [0.2, 0.25) is 5.91 Å². The Balaban J connectivity index is 2.01. The molecule has 1 atom stereocenters. The van der Waals surface area contributed by atoms with Gasteiger partial charge in [0.25, 0.3) is 0 Å². The van der Waals surface area contributed by atoms with Gasteiger partial charge in [-0.15, -0.1) is 11.3 Å². The third-order valence-electron chi connectivity index (χ3n) is 3.86. The van der Waals surface area contributed by atoms with E-state index in [-0.39, 0.29) is 17.9 Å². The van der Waals surface area contributed by atoms with Crippen molar-refractivity contribution in [1.29, 1.82) is 0 Å². The molecular formula is C16H22N2O3S. The molecule has 0 aromatic carbocycles. The average Bonchev–Trinajstić information content (AvgIpc) is 3.03.